The predicted molar refractivity (Wildman–Crippen MR) is 163 cm³/mol. The molecule has 0 aliphatic carbocycles. The molecular weight excluding hydrogens is 1100 g/mol. The van der Waals surface area contributed by atoms with E-state index >= 15 is 0 Å². The number of carboxylic acid groups (broad SMARTS) is 4. The van der Waals surface area contributed by atoms with Crippen molar-refractivity contribution >= 4 is 23.9 Å². The van der Waals surface area contributed by atoms with Gasteiger partial charge in [0.05, 0.1) is 46.1 Å². The van der Waals surface area contributed by atoms with Crippen LogP contribution in [0.15, 0.2) is 24.3 Å². The fourth-order valence-corrected chi connectivity index (χ4v) is 4.03. The van der Waals surface area contributed by atoms with E-state index in [4.69, 9.17) is 9.47 Å². The van der Waals surface area contributed by atoms with E-state index in [1.807, 2.05) is 0 Å². The summed E-state index contributed by atoms with van der Waals surface area (Å²) in [7, 11) is 0. The Morgan fingerprint density at radius 2 is 0.438 bits per heavy atom. The van der Waals surface area contributed by atoms with Gasteiger partial charge in [0.2, 0.25) is 0 Å². The molecule has 4 aromatic rings. The van der Waals surface area contributed by atoms with Gasteiger partial charge in [-0.2, -0.15) is 0 Å². The van der Waals surface area contributed by atoms with Crippen molar-refractivity contribution in [3.63, 3.8) is 0 Å². The first-order chi connectivity index (χ1) is 28.8. The van der Waals surface area contributed by atoms with E-state index in [2.05, 4.69) is 0 Å². The second-order valence-electron chi connectivity index (χ2n) is 11.2. The Labute approximate surface area is 372 Å². The third-order valence-electron chi connectivity index (χ3n) is 6.92. The summed E-state index contributed by atoms with van der Waals surface area (Å²) in [5.41, 5.74) is -6.95. The van der Waals surface area contributed by atoms with Crippen LogP contribution in [0.3, 0.4) is 0 Å². The van der Waals surface area contributed by atoms with E-state index in [1.54, 1.807) is 0 Å². The Morgan fingerprint density at radius 1 is 0.312 bits per heavy atom. The van der Waals surface area contributed by atoms with Gasteiger partial charge < -0.3 is 49.1 Å². The molecule has 28 heteroatoms. The molecule has 352 valence electrons. The zero-order chi connectivity index (χ0) is 47.8. The molecule has 4 aromatic carbocycles. The Balaban J connectivity index is 0. The van der Waals surface area contributed by atoms with Crippen molar-refractivity contribution < 1.29 is 158 Å². The fourth-order valence-electron chi connectivity index (χ4n) is 4.03. The molecule has 2 aliphatic heterocycles. The maximum Gasteiger partial charge on any atom is 2.00 e. The average Bonchev–Trinajstić information content (AvgIpc) is 3.97. The number of carbonyl (C=O) groups excluding carboxylic acids is 4. The van der Waals surface area contributed by atoms with E-state index in [0.717, 1.165) is 26.4 Å². The van der Waals surface area contributed by atoms with Crippen molar-refractivity contribution in [1.29, 1.82) is 0 Å². The molecule has 64 heavy (non-hydrogen) atoms. The summed E-state index contributed by atoms with van der Waals surface area (Å²) in [5, 5.41) is 40.1. The molecule has 0 bridgehead atoms. The van der Waals surface area contributed by atoms with Crippen LogP contribution < -0.4 is 20.4 Å². The molecule has 0 radical (unpaired) electrons. The Hall–Kier alpha value is -5.19. The molecule has 2 fully saturated rings. The van der Waals surface area contributed by atoms with Gasteiger partial charge in [0, 0.05) is 50.7 Å². The number of halogens is 16. The molecule has 0 saturated carbocycles. The number of rotatable bonds is 4. The van der Waals surface area contributed by atoms with Crippen LogP contribution >= 0.6 is 0 Å². The van der Waals surface area contributed by atoms with Gasteiger partial charge in [-0.25, -0.2) is 70.2 Å². The SMILES string of the molecule is C1CCOC1.C1CCOC1.O=C([O-])c1c(F)c(F)cc(F)c1F.O=C([O-])c1c(F)c(F)cc(F)c1F.O=C([O-])c1c(F)c(F)cc(F)c1F.O=C([O-])c1c(F)c(F)cc(F)c1F.[Ru+2].[Ru+2]. The molecule has 6 rings (SSSR count). The minimum Gasteiger partial charge on any atom is -0.545 e. The summed E-state index contributed by atoms with van der Waals surface area (Å²) in [4.78, 5) is 40.1. The Morgan fingerprint density at radius 3 is 0.516 bits per heavy atom. The van der Waals surface area contributed by atoms with Gasteiger partial charge >= 0.3 is 39.0 Å². The van der Waals surface area contributed by atoms with Crippen LogP contribution in [0.4, 0.5) is 70.2 Å². The van der Waals surface area contributed by atoms with Crippen LogP contribution in [-0.4, -0.2) is 50.3 Å². The van der Waals surface area contributed by atoms with Gasteiger partial charge in [-0.15, -0.1) is 0 Å². The molecule has 0 amide bonds. The molecule has 10 nitrogen and oxygen atoms in total. The monoisotopic (exact) mass is 1120 g/mol. The minimum absolute atomic E-state index is 0. The van der Waals surface area contributed by atoms with Crippen LogP contribution in [0.25, 0.3) is 0 Å². The summed E-state index contributed by atoms with van der Waals surface area (Å²) in [6, 6.07) is -0.345. The summed E-state index contributed by atoms with van der Waals surface area (Å²) in [6.45, 7) is 4.00. The molecule has 0 atom stereocenters. The number of hydrogen-bond acceptors (Lipinski definition) is 10. The first-order valence-electron chi connectivity index (χ1n) is 16.1. The number of carboxylic acids is 4. The van der Waals surface area contributed by atoms with Crippen LogP contribution in [0.2, 0.25) is 0 Å². The summed E-state index contributed by atoms with van der Waals surface area (Å²) in [6.07, 6.45) is 5.11. The van der Waals surface area contributed by atoms with E-state index in [0.29, 0.717) is 0 Å². The van der Waals surface area contributed by atoms with Gasteiger partial charge in [0.25, 0.3) is 0 Å². The van der Waals surface area contributed by atoms with E-state index in [-0.39, 0.29) is 63.2 Å². The molecular formula is C36H20F16O10Ru2. The van der Waals surface area contributed by atoms with E-state index < -0.39 is 139 Å². The summed E-state index contributed by atoms with van der Waals surface area (Å²) < 4.78 is 208. The number of carbonyl (C=O) groups is 4. The van der Waals surface area contributed by atoms with Crippen molar-refractivity contribution in [2.75, 3.05) is 26.4 Å². The zero-order valence-corrected chi connectivity index (χ0v) is 34.3. The number of benzene rings is 4. The van der Waals surface area contributed by atoms with Crippen molar-refractivity contribution in [3.05, 3.63) is 140 Å². The first kappa shape index (κ1) is 60.9. The largest absolute Gasteiger partial charge is 2.00 e. The normalized spacial score (nSPS) is 12.0. The molecule has 0 unspecified atom stereocenters. The minimum atomic E-state index is -2.31. The standard InChI is InChI=1S/4C7H2F4O2.2C4H8O.2Ru/c4*8-2-1-3(9)6(11)4(5(2)10)7(12)13;2*1-2-4-5-3-1;;/h4*1H,(H,12,13);2*1-4H2;;/q;;;;;;2*+2/p-4. The second-order valence-corrected chi connectivity index (χ2v) is 11.2. The maximum atomic E-state index is 12.5. The predicted octanol–water partition coefficient (Wildman–Crippen LogP) is 4.01. The molecule has 0 spiro atoms. The van der Waals surface area contributed by atoms with Crippen molar-refractivity contribution in [1.82, 2.24) is 0 Å². The van der Waals surface area contributed by atoms with E-state index in [1.165, 1.54) is 25.7 Å². The first-order valence-corrected chi connectivity index (χ1v) is 16.1. The van der Waals surface area contributed by atoms with Crippen molar-refractivity contribution in [2.24, 2.45) is 0 Å². The Kier molecular flexibility index (Phi) is 27.2. The summed E-state index contributed by atoms with van der Waals surface area (Å²) in [5.74, 6) is -39.3. The van der Waals surface area contributed by atoms with Gasteiger partial charge in [0.1, 0.15) is 0 Å². The van der Waals surface area contributed by atoms with Crippen molar-refractivity contribution in [3.8, 4) is 0 Å². The molecule has 2 aliphatic rings. The van der Waals surface area contributed by atoms with E-state index in [9.17, 15) is 110 Å². The van der Waals surface area contributed by atoms with Crippen LogP contribution in [0.1, 0.15) is 67.1 Å². The van der Waals surface area contributed by atoms with Gasteiger partial charge in [-0.1, -0.05) is 0 Å². The number of ether oxygens (including phenoxy) is 2. The smallest absolute Gasteiger partial charge is 0.545 e. The zero-order valence-electron chi connectivity index (χ0n) is 30.8. The molecule has 2 heterocycles. The van der Waals surface area contributed by atoms with Crippen LogP contribution in [0, 0.1) is 93.1 Å². The number of aromatic carboxylic acids is 4. The van der Waals surface area contributed by atoms with Crippen LogP contribution in [-0.2, 0) is 48.4 Å². The quantitative estimate of drug-likeness (QED) is 0.165. The molecule has 0 aromatic heterocycles. The Bertz CT molecular complexity index is 1860. The summed E-state index contributed by atoms with van der Waals surface area (Å²) >= 11 is 0. The van der Waals surface area contributed by atoms with Gasteiger partial charge in [-0.05, 0) is 25.7 Å². The number of hydrogen-bond donors (Lipinski definition) is 0. The molecule has 0 N–H and O–H groups in total. The van der Waals surface area contributed by atoms with Gasteiger partial charge in [0.15, 0.2) is 93.1 Å². The maximum absolute atomic E-state index is 12.5. The third-order valence-corrected chi connectivity index (χ3v) is 6.92. The third kappa shape index (κ3) is 17.4. The topological polar surface area (TPSA) is 179 Å². The fraction of sp³-hybridized carbons (Fsp3) is 0.222. The second kappa shape index (κ2) is 28.6. The molecule has 2 saturated heterocycles. The average molecular weight is 1120 g/mol. The van der Waals surface area contributed by atoms with Crippen molar-refractivity contribution in [2.45, 2.75) is 25.7 Å². The van der Waals surface area contributed by atoms with Gasteiger partial charge in [-0.3, -0.25) is 0 Å². The van der Waals surface area contributed by atoms with Crippen LogP contribution in [0.5, 0.6) is 0 Å².